The van der Waals surface area contributed by atoms with Crippen LogP contribution in [0.3, 0.4) is 0 Å². The molecule has 1 rings (SSSR count). The number of nitrogens with two attached hydrogens (primary N) is 2. The summed E-state index contributed by atoms with van der Waals surface area (Å²) in [5.41, 5.74) is 7.24. The Morgan fingerprint density at radius 1 is 1.00 bits per heavy atom. The molecule has 1 aromatic rings. The third-order valence-electron chi connectivity index (χ3n) is 2.34. The van der Waals surface area contributed by atoms with Crippen molar-refractivity contribution in [3.63, 3.8) is 0 Å². The largest absolute Gasteiger partial charge is 0.416 e. The van der Waals surface area contributed by atoms with Crippen molar-refractivity contribution >= 4 is 12.4 Å². The number of halogens is 7. The predicted octanol–water partition coefficient (Wildman–Crippen LogP) is 3.10. The summed E-state index contributed by atoms with van der Waals surface area (Å²) in [6, 6.07) is 0.151. The van der Waals surface area contributed by atoms with Gasteiger partial charge in [0.05, 0.1) is 11.1 Å². The number of hydrogen-bond acceptors (Lipinski definition) is 2. The molecule has 0 heterocycles. The summed E-state index contributed by atoms with van der Waals surface area (Å²) in [7, 11) is 0. The van der Waals surface area contributed by atoms with E-state index in [1.54, 1.807) is 0 Å². The molecule has 0 aliphatic rings. The van der Waals surface area contributed by atoms with Crippen LogP contribution in [0.15, 0.2) is 18.2 Å². The molecule has 9 heteroatoms. The first-order valence-electron chi connectivity index (χ1n) is 4.81. The topological polar surface area (TPSA) is 52.0 Å². The molecule has 0 aliphatic carbocycles. The highest BCUT2D eigenvalue weighted by molar-refractivity contribution is 5.85. The number of alkyl halides is 6. The molecule has 110 valence electrons. The minimum absolute atomic E-state index is 0. The van der Waals surface area contributed by atoms with Gasteiger partial charge in [-0.3, -0.25) is 0 Å². The fourth-order valence-corrected chi connectivity index (χ4v) is 1.43. The standard InChI is InChI=1S/C10H10F6N2.ClH/c11-9(12,13)5-1-2-6(8(18)4-17)7(3-5)10(14,15)16;/h1-3,8H,4,17-18H2;1H/t8-;/m0./s1. The molecular weight excluding hydrogens is 298 g/mol. The van der Waals surface area contributed by atoms with Crippen molar-refractivity contribution < 1.29 is 26.3 Å². The van der Waals surface area contributed by atoms with Gasteiger partial charge in [0.1, 0.15) is 0 Å². The van der Waals surface area contributed by atoms with Gasteiger partial charge >= 0.3 is 12.4 Å². The fourth-order valence-electron chi connectivity index (χ4n) is 1.43. The summed E-state index contributed by atoms with van der Waals surface area (Å²) >= 11 is 0. The summed E-state index contributed by atoms with van der Waals surface area (Å²) in [5, 5.41) is 0. The molecule has 1 atom stereocenters. The minimum atomic E-state index is -4.91. The molecule has 0 amide bonds. The second-order valence-corrected chi connectivity index (χ2v) is 3.64. The van der Waals surface area contributed by atoms with E-state index in [0.29, 0.717) is 12.1 Å². The molecule has 0 unspecified atom stereocenters. The molecule has 4 N–H and O–H groups in total. The Morgan fingerprint density at radius 3 is 1.89 bits per heavy atom. The van der Waals surface area contributed by atoms with Crippen LogP contribution >= 0.6 is 12.4 Å². The van der Waals surface area contributed by atoms with Crippen LogP contribution in [0.2, 0.25) is 0 Å². The van der Waals surface area contributed by atoms with Crippen molar-refractivity contribution in [3.05, 3.63) is 34.9 Å². The van der Waals surface area contributed by atoms with Crippen LogP contribution in [0, 0.1) is 0 Å². The first-order chi connectivity index (χ1) is 8.07. The van der Waals surface area contributed by atoms with Crippen LogP contribution in [0.4, 0.5) is 26.3 Å². The van der Waals surface area contributed by atoms with E-state index in [9.17, 15) is 26.3 Å². The Kier molecular flexibility index (Phi) is 5.66. The molecule has 2 nitrogen and oxygen atoms in total. The van der Waals surface area contributed by atoms with Crippen LogP contribution < -0.4 is 11.5 Å². The zero-order valence-corrected chi connectivity index (χ0v) is 10.2. The van der Waals surface area contributed by atoms with Crippen molar-refractivity contribution in [1.82, 2.24) is 0 Å². The van der Waals surface area contributed by atoms with Crippen LogP contribution in [0.25, 0.3) is 0 Å². The van der Waals surface area contributed by atoms with Gasteiger partial charge in [-0.25, -0.2) is 0 Å². The Bertz CT molecular complexity index is 429. The van der Waals surface area contributed by atoms with E-state index in [1.807, 2.05) is 0 Å². The lowest BCUT2D eigenvalue weighted by molar-refractivity contribution is -0.143. The highest BCUT2D eigenvalue weighted by Gasteiger charge is 2.38. The third-order valence-corrected chi connectivity index (χ3v) is 2.34. The smallest absolute Gasteiger partial charge is 0.329 e. The first-order valence-corrected chi connectivity index (χ1v) is 4.81. The molecule has 0 bridgehead atoms. The van der Waals surface area contributed by atoms with E-state index in [0.717, 1.165) is 0 Å². The number of hydrogen-bond donors (Lipinski definition) is 2. The van der Waals surface area contributed by atoms with Crippen LogP contribution in [0.1, 0.15) is 22.7 Å². The summed E-state index contributed by atoms with van der Waals surface area (Å²) in [6.07, 6.45) is -9.76. The molecule has 0 aliphatic heterocycles. The van der Waals surface area contributed by atoms with E-state index in [2.05, 4.69) is 0 Å². The summed E-state index contributed by atoms with van der Waals surface area (Å²) in [5.74, 6) is 0. The van der Waals surface area contributed by atoms with Crippen molar-refractivity contribution in [2.24, 2.45) is 11.5 Å². The molecule has 1 aromatic carbocycles. The molecular formula is C10H11ClF6N2. The summed E-state index contributed by atoms with van der Waals surface area (Å²) in [4.78, 5) is 0. The molecule has 0 saturated heterocycles. The quantitative estimate of drug-likeness (QED) is 0.825. The van der Waals surface area contributed by atoms with Crippen LogP contribution in [0.5, 0.6) is 0 Å². The normalized spacial score (nSPS) is 13.9. The zero-order valence-electron chi connectivity index (χ0n) is 9.35. The first kappa shape index (κ1) is 18.0. The molecule has 0 spiro atoms. The highest BCUT2D eigenvalue weighted by Crippen LogP contribution is 2.38. The van der Waals surface area contributed by atoms with Gasteiger partial charge in [-0.05, 0) is 17.7 Å². The molecule has 19 heavy (non-hydrogen) atoms. The van der Waals surface area contributed by atoms with Crippen molar-refractivity contribution in [2.75, 3.05) is 6.54 Å². The van der Waals surface area contributed by atoms with Crippen molar-refractivity contribution in [3.8, 4) is 0 Å². The van der Waals surface area contributed by atoms with Gasteiger partial charge in [0.15, 0.2) is 0 Å². The second-order valence-electron chi connectivity index (χ2n) is 3.64. The molecule has 0 saturated carbocycles. The molecule has 0 fully saturated rings. The van der Waals surface area contributed by atoms with Gasteiger partial charge in [-0.15, -0.1) is 12.4 Å². The Balaban J connectivity index is 0.00000324. The number of rotatable bonds is 2. The van der Waals surface area contributed by atoms with E-state index in [-0.39, 0.29) is 25.0 Å². The summed E-state index contributed by atoms with van der Waals surface area (Å²) in [6.45, 7) is -0.297. The average molecular weight is 309 g/mol. The Labute approximate surface area is 111 Å². The van der Waals surface area contributed by atoms with Crippen molar-refractivity contribution in [1.29, 1.82) is 0 Å². The van der Waals surface area contributed by atoms with Gasteiger partial charge in [0.2, 0.25) is 0 Å². The Morgan fingerprint density at radius 2 is 1.53 bits per heavy atom. The second kappa shape index (κ2) is 5.98. The van der Waals surface area contributed by atoms with Crippen molar-refractivity contribution in [2.45, 2.75) is 18.4 Å². The van der Waals surface area contributed by atoms with E-state index >= 15 is 0 Å². The maximum Gasteiger partial charge on any atom is 0.416 e. The predicted molar refractivity (Wildman–Crippen MR) is 59.7 cm³/mol. The lowest BCUT2D eigenvalue weighted by Gasteiger charge is -2.19. The maximum atomic E-state index is 12.6. The van der Waals surface area contributed by atoms with Gasteiger partial charge in [-0.1, -0.05) is 6.07 Å². The number of benzene rings is 1. The lowest BCUT2D eigenvalue weighted by atomic mass is 9.97. The van der Waals surface area contributed by atoms with Gasteiger partial charge in [-0.2, -0.15) is 26.3 Å². The van der Waals surface area contributed by atoms with E-state index in [4.69, 9.17) is 11.5 Å². The molecule has 0 aromatic heterocycles. The van der Waals surface area contributed by atoms with E-state index < -0.39 is 35.1 Å². The maximum absolute atomic E-state index is 12.6. The fraction of sp³-hybridized carbons (Fsp3) is 0.400. The SMILES string of the molecule is Cl.NC[C@H](N)c1ccc(C(F)(F)F)cc1C(F)(F)F. The summed E-state index contributed by atoms with van der Waals surface area (Å²) < 4.78 is 75.0. The average Bonchev–Trinajstić information content (AvgIpc) is 2.24. The van der Waals surface area contributed by atoms with Gasteiger partial charge < -0.3 is 11.5 Å². The minimum Gasteiger partial charge on any atom is -0.329 e. The zero-order chi connectivity index (χ0) is 14.1. The van der Waals surface area contributed by atoms with E-state index in [1.165, 1.54) is 0 Å². The third kappa shape index (κ3) is 4.26. The van der Waals surface area contributed by atoms with Crippen LogP contribution in [-0.4, -0.2) is 6.54 Å². The van der Waals surface area contributed by atoms with Gasteiger partial charge in [0.25, 0.3) is 0 Å². The monoisotopic (exact) mass is 308 g/mol. The van der Waals surface area contributed by atoms with Gasteiger partial charge in [0, 0.05) is 12.6 Å². The lowest BCUT2D eigenvalue weighted by Crippen LogP contribution is -2.25. The van der Waals surface area contributed by atoms with Crippen LogP contribution in [-0.2, 0) is 12.4 Å². The highest BCUT2D eigenvalue weighted by atomic mass is 35.5. The molecule has 0 radical (unpaired) electrons. The Hall–Kier alpha value is -0.990.